The van der Waals surface area contributed by atoms with Gasteiger partial charge in [0.1, 0.15) is 151 Å². The summed E-state index contributed by atoms with van der Waals surface area (Å²) in [5.41, 5.74) is -0.774. The van der Waals surface area contributed by atoms with Gasteiger partial charge in [0.2, 0.25) is 23.8 Å². The van der Waals surface area contributed by atoms with E-state index in [4.69, 9.17) is 61.3 Å². The molecule has 0 radical (unpaired) electrons. The zero-order chi connectivity index (χ0) is 67.6. The van der Waals surface area contributed by atoms with Crippen molar-refractivity contribution in [2.24, 2.45) is 0 Å². The van der Waals surface area contributed by atoms with E-state index in [9.17, 15) is 91.3 Å². The highest BCUT2D eigenvalue weighted by atomic mass is 16.8. The van der Waals surface area contributed by atoms with Gasteiger partial charge >= 0.3 is 11.9 Å². The van der Waals surface area contributed by atoms with Gasteiger partial charge in [-0.3, -0.25) is 4.79 Å². The molecule has 5 aromatic rings. The van der Waals surface area contributed by atoms with Crippen molar-refractivity contribution >= 4 is 35.1 Å². The van der Waals surface area contributed by atoms with Gasteiger partial charge in [-0.05, 0) is 85.7 Å². The summed E-state index contributed by atoms with van der Waals surface area (Å²) in [6.45, 7) is 0.322. The van der Waals surface area contributed by atoms with Crippen molar-refractivity contribution in [3.8, 4) is 45.8 Å². The molecule has 24 unspecified atom stereocenters. The van der Waals surface area contributed by atoms with E-state index in [1.54, 1.807) is 0 Å². The molecule has 32 heteroatoms. The molecule has 0 spiro atoms. The fourth-order valence-corrected chi connectivity index (χ4v) is 10.8. The molecule has 5 aliphatic heterocycles. The van der Waals surface area contributed by atoms with Crippen LogP contribution in [0.4, 0.5) is 0 Å². The standard InChI is InChI=1S/C62H70O32/c1-24-41(70)46(75)50(79)59(85-24)87-32-19-33(66)40-35(20-32)88-54(28-9-15-31(65)16-10-28)55(45(40)74)92-62-57(94-61-52(81)48(77)44(73)37(90-61)23-83-39(69)18-8-27-5-13-30(64)14-6-27)56(53(25(2)86-62)91-58-49(78)42(71)34(67)21-84-58)93-60-51(80)47(76)43(72)36(89-60)22-82-38(68)17-7-26-3-11-29(63)12-4-26/h3-20,24-25,34,36-37,41-44,46-53,56-67,70-73,75-81H,21-23H2,1-2H3. The number of esters is 2. The molecular weight excluding hydrogens is 1260 g/mol. The van der Waals surface area contributed by atoms with Crippen LogP contribution in [0.5, 0.6) is 34.5 Å². The highest BCUT2D eigenvalue weighted by molar-refractivity contribution is 5.89. The zero-order valence-corrected chi connectivity index (χ0v) is 49.6. The van der Waals surface area contributed by atoms with Gasteiger partial charge in [0.15, 0.2) is 30.7 Å². The first kappa shape index (κ1) is 69.3. The van der Waals surface area contributed by atoms with Crippen LogP contribution in [0.2, 0.25) is 0 Å². The first-order valence-corrected chi connectivity index (χ1v) is 29.4. The molecule has 510 valence electrons. The maximum absolute atomic E-state index is 15.2. The summed E-state index contributed by atoms with van der Waals surface area (Å²) < 4.78 is 78.1. The second-order valence-electron chi connectivity index (χ2n) is 22.8. The molecule has 0 saturated carbocycles. The number of aromatic hydroxyl groups is 4. The number of benzene rings is 4. The van der Waals surface area contributed by atoms with Crippen LogP contribution in [0.25, 0.3) is 34.4 Å². The maximum atomic E-state index is 15.2. The minimum atomic E-state index is -2.31. The minimum absolute atomic E-state index is 0.0404. The largest absolute Gasteiger partial charge is 0.508 e. The Hall–Kier alpha value is -7.49. The van der Waals surface area contributed by atoms with Gasteiger partial charge in [0, 0.05) is 29.8 Å². The van der Waals surface area contributed by atoms with Crippen molar-refractivity contribution in [1.82, 2.24) is 0 Å². The molecule has 1 aromatic heterocycles. The van der Waals surface area contributed by atoms with Gasteiger partial charge in [0.25, 0.3) is 0 Å². The average molecular weight is 1330 g/mol. The molecule has 6 heterocycles. The van der Waals surface area contributed by atoms with Gasteiger partial charge in [0.05, 0.1) is 18.8 Å². The van der Waals surface area contributed by atoms with Crippen molar-refractivity contribution in [2.45, 2.75) is 161 Å². The lowest BCUT2D eigenvalue weighted by Crippen LogP contribution is -2.68. The highest BCUT2D eigenvalue weighted by Crippen LogP contribution is 2.42. The molecular formula is C62H70O32. The fourth-order valence-electron chi connectivity index (χ4n) is 10.8. The Morgan fingerprint density at radius 2 is 0.957 bits per heavy atom. The topological polar surface area (TPSA) is 499 Å². The minimum Gasteiger partial charge on any atom is -0.508 e. The average Bonchev–Trinajstić information content (AvgIpc) is 0.754. The van der Waals surface area contributed by atoms with Crippen molar-refractivity contribution in [2.75, 3.05) is 19.8 Å². The molecule has 94 heavy (non-hydrogen) atoms. The molecule has 32 nitrogen and oxygen atoms in total. The van der Waals surface area contributed by atoms with E-state index in [-0.39, 0.29) is 28.6 Å². The summed E-state index contributed by atoms with van der Waals surface area (Å²) in [6.07, 6.45) is -41.9. The molecule has 0 amide bonds. The number of aliphatic hydroxyl groups excluding tert-OH is 12. The predicted molar refractivity (Wildman–Crippen MR) is 311 cm³/mol. The van der Waals surface area contributed by atoms with Crippen molar-refractivity contribution < 1.29 is 153 Å². The summed E-state index contributed by atoms with van der Waals surface area (Å²) in [4.78, 5) is 41.3. The number of fused-ring (bicyclic) bond motifs is 1. The van der Waals surface area contributed by atoms with E-state index in [1.807, 2.05) is 0 Å². The van der Waals surface area contributed by atoms with E-state index in [0.29, 0.717) is 11.1 Å². The number of rotatable bonds is 19. The Morgan fingerprint density at radius 3 is 1.50 bits per heavy atom. The van der Waals surface area contributed by atoms with E-state index in [1.165, 1.54) is 98.8 Å². The van der Waals surface area contributed by atoms with Crippen molar-refractivity contribution in [1.29, 1.82) is 0 Å². The zero-order valence-electron chi connectivity index (χ0n) is 49.6. The van der Waals surface area contributed by atoms with Gasteiger partial charge in [-0.1, -0.05) is 24.3 Å². The number of phenols is 4. The van der Waals surface area contributed by atoms with E-state index in [0.717, 1.165) is 24.3 Å². The third kappa shape index (κ3) is 15.4. The van der Waals surface area contributed by atoms with Gasteiger partial charge in [-0.25, -0.2) is 9.59 Å². The SMILES string of the molecule is CC1OC(Oc2cc(O)c3c(=O)c(OC4OC(C)C(OC5OCC(O)C(O)C5O)C(OC5OC(COC(=O)C=Cc6ccc(O)cc6)C(O)C(O)C5O)C4OC4OC(COC(=O)C=Cc5ccc(O)cc5)C(O)C(O)C4O)c(-c4ccc(O)cc4)oc3c2)C(O)C(O)C1O. The normalized spacial score (nSPS) is 35.5. The third-order valence-corrected chi connectivity index (χ3v) is 16.1. The Morgan fingerprint density at radius 1 is 0.489 bits per heavy atom. The maximum Gasteiger partial charge on any atom is 0.330 e. The molecule has 0 bridgehead atoms. The van der Waals surface area contributed by atoms with Crippen LogP contribution in [-0.2, 0) is 57.0 Å². The summed E-state index contributed by atoms with van der Waals surface area (Å²) in [6, 6.07) is 18.2. The molecule has 16 N–H and O–H groups in total. The lowest BCUT2D eigenvalue weighted by Gasteiger charge is -2.50. The highest BCUT2D eigenvalue weighted by Gasteiger charge is 2.57. The first-order valence-electron chi connectivity index (χ1n) is 29.4. The van der Waals surface area contributed by atoms with Crippen LogP contribution in [0, 0.1) is 0 Å². The number of carbonyl (C=O) groups excluding carboxylic acids is 2. The molecule has 4 aromatic carbocycles. The Bertz CT molecular complexity index is 3510. The molecule has 0 aliphatic carbocycles. The Kier molecular flexibility index (Phi) is 21.9. The van der Waals surface area contributed by atoms with E-state index in [2.05, 4.69) is 0 Å². The molecule has 10 rings (SSSR count). The number of aliphatic hydroxyl groups is 12. The molecule has 5 saturated heterocycles. The number of hydrogen-bond acceptors (Lipinski definition) is 32. The molecule has 24 atom stereocenters. The Labute approximate surface area is 531 Å². The van der Waals surface area contributed by atoms with Crippen LogP contribution >= 0.6 is 0 Å². The second kappa shape index (κ2) is 29.7. The van der Waals surface area contributed by atoms with Crippen molar-refractivity contribution in [3.05, 3.63) is 118 Å². The van der Waals surface area contributed by atoms with Crippen LogP contribution in [0.1, 0.15) is 25.0 Å². The number of ether oxygens (including phenoxy) is 12. The van der Waals surface area contributed by atoms with Crippen LogP contribution in [-0.4, -0.2) is 261 Å². The van der Waals surface area contributed by atoms with Gasteiger partial charge < -0.3 is 143 Å². The molecule has 5 fully saturated rings. The van der Waals surface area contributed by atoms with Gasteiger partial charge in [-0.2, -0.15) is 0 Å². The van der Waals surface area contributed by atoms with Crippen molar-refractivity contribution in [3.63, 3.8) is 0 Å². The lowest BCUT2D eigenvalue weighted by molar-refractivity contribution is -0.396. The smallest absolute Gasteiger partial charge is 0.330 e. The van der Waals surface area contributed by atoms with Gasteiger partial charge in [-0.15, -0.1) is 0 Å². The summed E-state index contributed by atoms with van der Waals surface area (Å²) in [5, 5.41) is 174. The quantitative estimate of drug-likeness (QED) is 0.0296. The third-order valence-electron chi connectivity index (χ3n) is 16.1. The first-order chi connectivity index (χ1) is 44.7. The summed E-state index contributed by atoms with van der Waals surface area (Å²) in [5.74, 6) is -4.96. The fraction of sp³-hybridized carbons (Fsp3) is 0.468. The predicted octanol–water partition coefficient (Wildman–Crippen LogP) is -2.66. The van der Waals surface area contributed by atoms with Crippen LogP contribution in [0.15, 0.2) is 106 Å². The lowest BCUT2D eigenvalue weighted by atomic mass is 9.95. The van der Waals surface area contributed by atoms with Crippen LogP contribution in [0.3, 0.4) is 0 Å². The Balaban J connectivity index is 1.05. The molecule has 5 aliphatic rings. The monoisotopic (exact) mass is 1330 g/mol. The second-order valence-corrected chi connectivity index (χ2v) is 22.8. The van der Waals surface area contributed by atoms with Crippen LogP contribution < -0.4 is 14.9 Å². The van der Waals surface area contributed by atoms with E-state index < -0.39 is 213 Å². The summed E-state index contributed by atoms with van der Waals surface area (Å²) >= 11 is 0. The number of carbonyl (C=O) groups is 2. The van der Waals surface area contributed by atoms with E-state index >= 15 is 4.79 Å². The number of phenolic OH excluding ortho intramolecular Hbond substituents is 4. The number of hydrogen-bond donors (Lipinski definition) is 16. The summed E-state index contributed by atoms with van der Waals surface area (Å²) in [7, 11) is 0.